The van der Waals surface area contributed by atoms with E-state index >= 15 is 0 Å². The van der Waals surface area contributed by atoms with Gasteiger partial charge in [-0.1, -0.05) is 6.07 Å². The van der Waals surface area contributed by atoms with Crippen LogP contribution < -0.4 is 16.6 Å². The van der Waals surface area contributed by atoms with Gasteiger partial charge in [0.2, 0.25) is 0 Å². The van der Waals surface area contributed by atoms with Gasteiger partial charge in [0.05, 0.1) is 0 Å². The molecule has 0 aliphatic carbocycles. The van der Waals surface area contributed by atoms with Crippen molar-refractivity contribution in [1.82, 2.24) is 0 Å². The summed E-state index contributed by atoms with van der Waals surface area (Å²) in [6.07, 6.45) is 0. The molecule has 0 unspecified atom stereocenters. The minimum Gasteiger partial charge on any atom is -0.378 e. The van der Waals surface area contributed by atoms with Gasteiger partial charge in [0.15, 0.2) is 0 Å². The van der Waals surface area contributed by atoms with E-state index in [9.17, 15) is 0 Å². The van der Waals surface area contributed by atoms with E-state index in [1.54, 1.807) is 0 Å². The van der Waals surface area contributed by atoms with Crippen molar-refractivity contribution in [3.05, 3.63) is 29.3 Å². The van der Waals surface area contributed by atoms with Crippen LogP contribution in [0.25, 0.3) is 0 Å². The van der Waals surface area contributed by atoms with Crippen LogP contribution in [-0.2, 0) is 0 Å². The summed E-state index contributed by atoms with van der Waals surface area (Å²) in [4.78, 5) is 2.12. The van der Waals surface area contributed by atoms with Gasteiger partial charge in [-0.2, -0.15) is 0 Å². The third kappa shape index (κ3) is 3.44. The average Bonchev–Trinajstić information content (AvgIpc) is 2.13. The van der Waals surface area contributed by atoms with Gasteiger partial charge in [0, 0.05) is 19.8 Å². The van der Waals surface area contributed by atoms with Crippen LogP contribution in [0.15, 0.2) is 18.2 Å². The lowest BCUT2D eigenvalue weighted by molar-refractivity contribution is 1.12. The molecule has 0 saturated carbocycles. The summed E-state index contributed by atoms with van der Waals surface area (Å²) >= 11 is 0. The lowest BCUT2D eigenvalue weighted by Gasteiger charge is -2.13. The van der Waals surface area contributed by atoms with Crippen molar-refractivity contribution in [2.24, 2.45) is 11.7 Å². The standard InChI is InChI=1S/C10H15N.H4N2/c1-8-5-6-10(11(3)4)7-9(8)2;1-2/h5-7H,1-4H3;1-2H2. The first kappa shape index (κ1) is 11.9. The number of rotatable bonds is 1. The number of hydrazine groups is 1. The Morgan fingerprint density at radius 1 is 1.00 bits per heavy atom. The van der Waals surface area contributed by atoms with E-state index in [4.69, 9.17) is 0 Å². The molecule has 3 heteroatoms. The Morgan fingerprint density at radius 2 is 1.54 bits per heavy atom. The van der Waals surface area contributed by atoms with Crippen molar-refractivity contribution in [2.75, 3.05) is 19.0 Å². The third-order valence-electron chi connectivity index (χ3n) is 2.01. The summed E-state index contributed by atoms with van der Waals surface area (Å²) in [7, 11) is 4.12. The molecule has 4 N–H and O–H groups in total. The predicted molar refractivity (Wildman–Crippen MR) is 58.6 cm³/mol. The van der Waals surface area contributed by atoms with Gasteiger partial charge in [0.1, 0.15) is 0 Å². The monoisotopic (exact) mass is 181 g/mol. The van der Waals surface area contributed by atoms with Crippen LogP contribution >= 0.6 is 0 Å². The van der Waals surface area contributed by atoms with E-state index < -0.39 is 0 Å². The van der Waals surface area contributed by atoms with Crippen LogP contribution in [0.2, 0.25) is 0 Å². The van der Waals surface area contributed by atoms with Crippen molar-refractivity contribution in [3.63, 3.8) is 0 Å². The molecule has 0 atom stereocenters. The lowest BCUT2D eigenvalue weighted by Crippen LogP contribution is -2.08. The highest BCUT2D eigenvalue weighted by Crippen LogP contribution is 2.15. The number of aryl methyl sites for hydroxylation is 2. The molecule has 0 aliphatic rings. The predicted octanol–water partition coefficient (Wildman–Crippen LogP) is 1.19. The fraction of sp³-hybridized carbons (Fsp3) is 0.400. The smallest absolute Gasteiger partial charge is 0.0363 e. The second-order valence-corrected chi connectivity index (χ2v) is 3.16. The molecule has 0 amide bonds. The largest absolute Gasteiger partial charge is 0.378 e. The highest BCUT2D eigenvalue weighted by atomic mass is 15.1. The molecule has 13 heavy (non-hydrogen) atoms. The van der Waals surface area contributed by atoms with Crippen LogP contribution in [0.5, 0.6) is 0 Å². The van der Waals surface area contributed by atoms with Crippen LogP contribution in [0.3, 0.4) is 0 Å². The first-order valence-electron chi connectivity index (χ1n) is 4.19. The van der Waals surface area contributed by atoms with Crippen LogP contribution in [0.4, 0.5) is 5.69 Å². The van der Waals surface area contributed by atoms with Crippen molar-refractivity contribution >= 4 is 5.69 Å². The van der Waals surface area contributed by atoms with E-state index in [0.717, 1.165) is 0 Å². The molecule has 0 spiro atoms. The first-order chi connectivity index (χ1) is 6.11. The Morgan fingerprint density at radius 3 is 1.92 bits per heavy atom. The van der Waals surface area contributed by atoms with Crippen LogP contribution in [0, 0.1) is 13.8 Å². The van der Waals surface area contributed by atoms with E-state index in [2.05, 4.69) is 62.7 Å². The van der Waals surface area contributed by atoms with E-state index in [1.807, 2.05) is 0 Å². The molecule has 74 valence electrons. The van der Waals surface area contributed by atoms with E-state index in [1.165, 1.54) is 16.8 Å². The fourth-order valence-corrected chi connectivity index (χ4v) is 1.00. The van der Waals surface area contributed by atoms with Crippen LogP contribution in [0.1, 0.15) is 11.1 Å². The van der Waals surface area contributed by atoms with Crippen molar-refractivity contribution in [1.29, 1.82) is 0 Å². The van der Waals surface area contributed by atoms with Gasteiger partial charge in [0.25, 0.3) is 0 Å². The Balaban J connectivity index is 0.000000671. The first-order valence-corrected chi connectivity index (χ1v) is 4.19. The minimum atomic E-state index is 1.27. The van der Waals surface area contributed by atoms with Crippen molar-refractivity contribution in [3.8, 4) is 0 Å². The molecule has 0 radical (unpaired) electrons. The molecular formula is C10H19N3. The molecule has 0 aromatic heterocycles. The fourth-order valence-electron chi connectivity index (χ4n) is 1.00. The molecule has 1 aromatic carbocycles. The Bertz CT molecular complexity index is 256. The van der Waals surface area contributed by atoms with E-state index in [-0.39, 0.29) is 0 Å². The number of benzene rings is 1. The molecule has 0 heterocycles. The number of hydrogen-bond donors (Lipinski definition) is 2. The molecule has 0 bridgehead atoms. The average molecular weight is 181 g/mol. The number of hydrogen-bond acceptors (Lipinski definition) is 3. The van der Waals surface area contributed by atoms with Gasteiger partial charge in [-0.05, 0) is 37.1 Å². The maximum atomic E-state index is 4.00. The summed E-state index contributed by atoms with van der Waals surface area (Å²) < 4.78 is 0. The highest BCUT2D eigenvalue weighted by molar-refractivity contribution is 5.49. The molecular weight excluding hydrogens is 162 g/mol. The Hall–Kier alpha value is -1.06. The van der Waals surface area contributed by atoms with Crippen molar-refractivity contribution in [2.45, 2.75) is 13.8 Å². The molecule has 0 aliphatic heterocycles. The normalized spacial score (nSPS) is 8.77. The zero-order chi connectivity index (χ0) is 10.4. The second kappa shape index (κ2) is 5.56. The molecule has 0 fully saturated rings. The third-order valence-corrected chi connectivity index (χ3v) is 2.01. The molecule has 1 aromatic rings. The summed E-state index contributed by atoms with van der Waals surface area (Å²) in [6.45, 7) is 4.27. The van der Waals surface area contributed by atoms with Crippen LogP contribution in [-0.4, -0.2) is 14.1 Å². The zero-order valence-electron chi connectivity index (χ0n) is 8.83. The minimum absolute atomic E-state index is 1.27. The van der Waals surface area contributed by atoms with Crippen molar-refractivity contribution < 1.29 is 0 Å². The topological polar surface area (TPSA) is 55.3 Å². The van der Waals surface area contributed by atoms with E-state index in [0.29, 0.717) is 0 Å². The highest BCUT2D eigenvalue weighted by Gasteiger charge is 1.96. The van der Waals surface area contributed by atoms with Gasteiger partial charge < -0.3 is 4.90 Å². The Labute approximate surface area is 80.3 Å². The SMILES string of the molecule is Cc1ccc(N(C)C)cc1C.NN. The van der Waals surface area contributed by atoms with Gasteiger partial charge >= 0.3 is 0 Å². The zero-order valence-corrected chi connectivity index (χ0v) is 8.83. The number of anilines is 1. The Kier molecular flexibility index (Phi) is 5.11. The molecule has 0 saturated heterocycles. The summed E-state index contributed by atoms with van der Waals surface area (Å²) in [6, 6.07) is 6.50. The van der Waals surface area contributed by atoms with Gasteiger partial charge in [-0.3, -0.25) is 11.7 Å². The number of nitrogens with zero attached hydrogens (tertiary/aromatic N) is 1. The maximum absolute atomic E-state index is 4.00. The summed E-state index contributed by atoms with van der Waals surface area (Å²) in [5, 5.41) is 0. The summed E-state index contributed by atoms with van der Waals surface area (Å²) in [5.74, 6) is 8.00. The molecule has 3 nitrogen and oxygen atoms in total. The quantitative estimate of drug-likeness (QED) is 0.505. The van der Waals surface area contributed by atoms with Gasteiger partial charge in [-0.15, -0.1) is 0 Å². The second-order valence-electron chi connectivity index (χ2n) is 3.16. The lowest BCUT2D eigenvalue weighted by atomic mass is 10.1. The maximum Gasteiger partial charge on any atom is 0.0363 e. The number of nitrogens with two attached hydrogens (primary N) is 2. The molecule has 1 rings (SSSR count). The summed E-state index contributed by atoms with van der Waals surface area (Å²) in [5.41, 5.74) is 3.99. The van der Waals surface area contributed by atoms with Gasteiger partial charge in [-0.25, -0.2) is 0 Å².